The van der Waals surface area contributed by atoms with Gasteiger partial charge in [-0.3, -0.25) is 19.2 Å². The van der Waals surface area contributed by atoms with E-state index in [-0.39, 0.29) is 64.6 Å². The van der Waals surface area contributed by atoms with Gasteiger partial charge in [-0.05, 0) is 212 Å². The van der Waals surface area contributed by atoms with E-state index in [1.54, 1.807) is 24.3 Å². The molecule has 0 aliphatic heterocycles. The van der Waals surface area contributed by atoms with Gasteiger partial charge in [0, 0.05) is 12.5 Å². The second-order valence-electron chi connectivity index (χ2n) is 23.9. The Balaban J connectivity index is 0.000000148. The second kappa shape index (κ2) is 30.6. The summed E-state index contributed by atoms with van der Waals surface area (Å²) in [7, 11) is -10.8. The van der Waals surface area contributed by atoms with Gasteiger partial charge in [0.1, 0.15) is 16.8 Å². The van der Waals surface area contributed by atoms with E-state index in [0.717, 1.165) is 135 Å². The normalized spacial score (nSPS) is 17.4. The van der Waals surface area contributed by atoms with Gasteiger partial charge >= 0.3 is 0 Å². The Morgan fingerprint density at radius 2 is 0.564 bits per heavy atom. The quantitative estimate of drug-likeness (QED) is 0.0593. The number of amides is 4. The number of benzene rings is 4. The number of sulfone groups is 2. The van der Waals surface area contributed by atoms with Crippen LogP contribution in [-0.2, 0) is 65.4 Å². The van der Waals surface area contributed by atoms with Crippen LogP contribution in [0.4, 0.5) is 0 Å². The molecule has 94 heavy (non-hydrogen) atoms. The standard InChI is InChI=1S/2C17H20N2O3S2.2C17H19NO3S2/c2*1-11-6-7-13-12(10-11)4-3-5-14(13)19-17(20)15-8-9-16(23-15)24(21,22)18-2;2*1-11-6-7-13-12(10-11)4-3-5-14(13)18-17(19)15-8-9-16(22-15)23(2,20)21/h2*6-10,14,18H,3-5H2,1-2H3,(H,19,20);2*6-10,14H,3-5H2,1-2H3,(H,18,19)/t4*14-/m1010/s1. The highest BCUT2D eigenvalue weighted by Crippen LogP contribution is 2.36. The Hall–Kier alpha value is -6.72. The molecule has 4 aromatic heterocycles. The monoisotopic (exact) mass is 1430 g/mol. The van der Waals surface area contributed by atoms with E-state index in [1.165, 1.54) is 105 Å². The first-order valence-corrected chi connectivity index (χ1v) is 40.8. The largest absolute Gasteiger partial charge is 0.345 e. The van der Waals surface area contributed by atoms with E-state index in [9.17, 15) is 52.8 Å². The molecule has 0 bridgehead atoms. The number of hydrogen-bond donors (Lipinski definition) is 6. The van der Waals surface area contributed by atoms with E-state index in [4.69, 9.17) is 0 Å². The molecule has 0 unspecified atom stereocenters. The fourth-order valence-electron chi connectivity index (χ4n) is 11.9. The summed E-state index contributed by atoms with van der Waals surface area (Å²) < 4.78 is 98.6. The van der Waals surface area contributed by atoms with Crippen LogP contribution in [0.1, 0.15) is 181 Å². The number of nitrogens with one attached hydrogen (secondary N) is 6. The minimum Gasteiger partial charge on any atom is -0.345 e. The first kappa shape index (κ1) is 71.6. The number of carbonyl (C=O) groups is 4. The topological polar surface area (TPSA) is 277 Å². The molecule has 8 aromatic rings. The van der Waals surface area contributed by atoms with E-state index in [0.29, 0.717) is 19.5 Å². The average molecular weight is 1430 g/mol. The highest BCUT2D eigenvalue weighted by Gasteiger charge is 2.29. The SMILES string of the molecule is CNS(=O)(=O)c1ccc(C(=O)N[C@@H]2CCCc3cc(C)ccc32)s1.CNS(=O)(=O)c1ccc(C(=O)N[C@H]2CCCc3cc(C)ccc32)s1.Cc1ccc2c(c1)CCC[C@@H]2NC(=O)c1ccc(S(C)(=O)=O)s1.Cc1ccc2c(c1)CCC[C@H]2NC(=O)c1ccc(S(C)(=O)=O)s1. The summed E-state index contributed by atoms with van der Waals surface area (Å²) in [4.78, 5) is 51.6. The van der Waals surface area contributed by atoms with Crippen LogP contribution in [-0.4, -0.2) is 83.9 Å². The minimum absolute atomic E-state index is 0.00404. The highest BCUT2D eigenvalue weighted by atomic mass is 32.3. The molecule has 6 N–H and O–H groups in total. The van der Waals surface area contributed by atoms with Gasteiger partial charge in [-0.1, -0.05) is 95.1 Å². The Bertz CT molecular complexity index is 4320. The summed E-state index contributed by atoms with van der Waals surface area (Å²) in [6.45, 7) is 8.28. The van der Waals surface area contributed by atoms with Crippen molar-refractivity contribution < 1.29 is 52.8 Å². The zero-order chi connectivity index (χ0) is 67.9. The number of rotatable bonds is 14. The summed E-state index contributed by atoms with van der Waals surface area (Å²) in [5.41, 5.74) is 14.8. The Morgan fingerprint density at radius 1 is 0.340 bits per heavy atom. The average Bonchev–Trinajstić information content (AvgIpc) is 1.21. The molecule has 26 heteroatoms. The molecule has 4 atom stereocenters. The fourth-order valence-corrected chi connectivity index (χ4v) is 19.7. The van der Waals surface area contributed by atoms with Crippen LogP contribution in [0.25, 0.3) is 0 Å². The lowest BCUT2D eigenvalue weighted by Crippen LogP contribution is -2.30. The van der Waals surface area contributed by atoms with E-state index >= 15 is 0 Å². The van der Waals surface area contributed by atoms with Crippen molar-refractivity contribution in [3.63, 3.8) is 0 Å². The maximum Gasteiger partial charge on any atom is 0.261 e. The first-order valence-electron chi connectivity index (χ1n) is 30.8. The maximum absolute atomic E-state index is 12.5. The van der Waals surface area contributed by atoms with Crippen molar-refractivity contribution in [2.45, 2.75) is 146 Å². The number of fused-ring (bicyclic) bond motifs is 4. The Labute approximate surface area is 567 Å². The third kappa shape index (κ3) is 18.0. The van der Waals surface area contributed by atoms with Gasteiger partial charge in [-0.2, -0.15) is 0 Å². The third-order valence-electron chi connectivity index (χ3n) is 16.7. The molecule has 4 aromatic carbocycles. The number of sulfonamides is 2. The lowest BCUT2D eigenvalue weighted by Gasteiger charge is -2.26. The van der Waals surface area contributed by atoms with Crippen LogP contribution in [0.2, 0.25) is 0 Å². The van der Waals surface area contributed by atoms with Crippen molar-refractivity contribution in [1.82, 2.24) is 30.7 Å². The molecule has 4 aliphatic carbocycles. The van der Waals surface area contributed by atoms with E-state index in [2.05, 4.69) is 131 Å². The number of thiophene rings is 4. The molecule has 0 spiro atoms. The van der Waals surface area contributed by atoms with Crippen LogP contribution in [0.5, 0.6) is 0 Å². The van der Waals surface area contributed by atoms with Gasteiger partial charge in [0.15, 0.2) is 19.7 Å². The molecular weight excluding hydrogens is 1350 g/mol. The van der Waals surface area contributed by atoms with Crippen molar-refractivity contribution >= 4 is 109 Å². The first-order chi connectivity index (χ1) is 44.5. The van der Waals surface area contributed by atoms with Crippen molar-refractivity contribution in [1.29, 1.82) is 0 Å². The van der Waals surface area contributed by atoms with Crippen molar-refractivity contribution in [3.05, 3.63) is 208 Å². The van der Waals surface area contributed by atoms with Gasteiger partial charge in [-0.25, -0.2) is 43.1 Å². The molecule has 0 fully saturated rings. The van der Waals surface area contributed by atoms with Crippen LogP contribution < -0.4 is 30.7 Å². The van der Waals surface area contributed by atoms with Crippen LogP contribution in [0, 0.1) is 27.7 Å². The molecule has 4 heterocycles. The van der Waals surface area contributed by atoms with Crippen molar-refractivity contribution in [2.24, 2.45) is 0 Å². The number of carbonyl (C=O) groups excluding carboxylic acids is 4. The predicted octanol–water partition coefficient (Wildman–Crippen LogP) is 12.1. The molecule has 500 valence electrons. The summed E-state index contributed by atoms with van der Waals surface area (Å²) in [6, 6.07) is 37.5. The van der Waals surface area contributed by atoms with Crippen LogP contribution in [0.15, 0.2) is 138 Å². The van der Waals surface area contributed by atoms with Gasteiger partial charge < -0.3 is 21.3 Å². The zero-order valence-corrected chi connectivity index (χ0v) is 60.0. The van der Waals surface area contributed by atoms with Crippen LogP contribution in [0.3, 0.4) is 0 Å². The molecular formula is C68H78N6O12S8. The predicted molar refractivity (Wildman–Crippen MR) is 373 cm³/mol. The summed E-state index contributed by atoms with van der Waals surface area (Å²) >= 11 is 4.01. The molecule has 4 amide bonds. The maximum atomic E-state index is 12.5. The molecule has 18 nitrogen and oxygen atoms in total. The molecule has 0 saturated carbocycles. The van der Waals surface area contributed by atoms with E-state index < -0.39 is 39.7 Å². The minimum atomic E-state index is -3.51. The number of aryl methyl sites for hydroxylation is 8. The van der Waals surface area contributed by atoms with Gasteiger partial charge in [0.2, 0.25) is 20.0 Å². The smallest absolute Gasteiger partial charge is 0.261 e. The van der Waals surface area contributed by atoms with Crippen LogP contribution >= 0.6 is 45.3 Å². The van der Waals surface area contributed by atoms with Crippen molar-refractivity contribution in [2.75, 3.05) is 26.6 Å². The van der Waals surface area contributed by atoms with Gasteiger partial charge in [0.05, 0.1) is 43.7 Å². The summed E-state index contributed by atoms with van der Waals surface area (Å²) in [5.74, 6) is -0.862. The Kier molecular flexibility index (Phi) is 23.3. The number of hydrogen-bond acceptors (Lipinski definition) is 16. The lowest BCUT2D eigenvalue weighted by atomic mass is 9.86. The molecule has 0 radical (unpaired) electrons. The fraction of sp³-hybridized carbons (Fsp3) is 0.353. The van der Waals surface area contributed by atoms with Crippen molar-refractivity contribution in [3.8, 4) is 0 Å². The highest BCUT2D eigenvalue weighted by molar-refractivity contribution is 7.93. The molecule has 4 aliphatic rings. The molecule has 0 saturated heterocycles. The lowest BCUT2D eigenvalue weighted by molar-refractivity contribution is 0.0928. The van der Waals surface area contributed by atoms with Gasteiger partial charge in [0.25, 0.3) is 23.6 Å². The molecule has 12 rings (SSSR count). The summed E-state index contributed by atoms with van der Waals surface area (Å²) in [5, 5.41) is 12.2. The second-order valence-corrected chi connectivity index (χ2v) is 37.0. The third-order valence-corrected chi connectivity index (χ3v) is 28.5. The zero-order valence-electron chi connectivity index (χ0n) is 53.5. The van der Waals surface area contributed by atoms with Gasteiger partial charge in [-0.15, -0.1) is 45.3 Å². The Morgan fingerprint density at radius 3 is 0.777 bits per heavy atom. The summed E-state index contributed by atoms with van der Waals surface area (Å²) in [6.07, 6.45) is 14.2. The van der Waals surface area contributed by atoms with E-state index in [1.807, 2.05) is 0 Å².